The maximum Gasteiger partial charge on any atom is 0.411 e. The largest absolute Gasteiger partial charge is 0.464 e. The van der Waals surface area contributed by atoms with E-state index < -0.39 is 11.6 Å². The van der Waals surface area contributed by atoms with Gasteiger partial charge in [-0.25, -0.2) is 9.59 Å². The summed E-state index contributed by atoms with van der Waals surface area (Å²) < 4.78 is 10.6. The molecular weight excluding hydrogens is 294 g/mol. The Balaban J connectivity index is 2.09. The van der Waals surface area contributed by atoms with Crippen molar-refractivity contribution in [1.82, 2.24) is 4.90 Å². The van der Waals surface area contributed by atoms with E-state index in [1.54, 1.807) is 13.0 Å². The molecule has 1 atom stereocenters. The second-order valence-electron chi connectivity index (χ2n) is 5.54. The summed E-state index contributed by atoms with van der Waals surface area (Å²) in [7, 11) is 0. The van der Waals surface area contributed by atoms with Gasteiger partial charge >= 0.3 is 12.1 Å². The maximum atomic E-state index is 12.5. The lowest BCUT2D eigenvalue weighted by Crippen LogP contribution is -2.53. The van der Waals surface area contributed by atoms with Crippen molar-refractivity contribution in [2.24, 2.45) is 0 Å². The first kappa shape index (κ1) is 17.1. The molecule has 1 aromatic rings. The number of benzene rings is 1. The highest BCUT2D eigenvalue weighted by molar-refractivity contribution is 5.86. The Kier molecular flexibility index (Phi) is 5.79. The van der Waals surface area contributed by atoms with Crippen molar-refractivity contribution in [2.75, 3.05) is 13.2 Å². The summed E-state index contributed by atoms with van der Waals surface area (Å²) in [6.45, 7) is 6.42. The summed E-state index contributed by atoms with van der Waals surface area (Å²) >= 11 is 0. The minimum atomic E-state index is -0.981. The number of nitrogens with zero attached hydrogens (tertiary/aromatic N) is 1. The number of ether oxygens (including phenoxy) is 2. The number of amides is 1. The molecule has 2 rings (SSSR count). The van der Waals surface area contributed by atoms with Crippen LogP contribution in [0.4, 0.5) is 4.79 Å². The van der Waals surface area contributed by atoms with E-state index in [-0.39, 0.29) is 19.2 Å². The van der Waals surface area contributed by atoms with Gasteiger partial charge in [0.2, 0.25) is 0 Å². The summed E-state index contributed by atoms with van der Waals surface area (Å²) in [5.41, 5.74) is -0.0728. The number of hydrogen-bond donors (Lipinski definition) is 0. The predicted octanol–water partition coefficient (Wildman–Crippen LogP) is 3.30. The summed E-state index contributed by atoms with van der Waals surface area (Å²) in [5, 5.41) is 0. The fraction of sp³-hybridized carbons (Fsp3) is 0.444. The molecule has 0 N–H and O–H groups in total. The molecule has 5 nitrogen and oxygen atoms in total. The van der Waals surface area contributed by atoms with Crippen LogP contribution in [0.15, 0.2) is 43.0 Å². The molecule has 5 heteroatoms. The number of rotatable bonds is 6. The topological polar surface area (TPSA) is 55.8 Å². The third kappa shape index (κ3) is 3.73. The van der Waals surface area contributed by atoms with E-state index in [2.05, 4.69) is 6.58 Å². The van der Waals surface area contributed by atoms with Gasteiger partial charge in [-0.2, -0.15) is 0 Å². The Labute approximate surface area is 136 Å². The third-order valence-electron chi connectivity index (χ3n) is 4.05. The van der Waals surface area contributed by atoms with Crippen LogP contribution >= 0.6 is 0 Å². The smallest absolute Gasteiger partial charge is 0.411 e. The minimum absolute atomic E-state index is 0.184. The van der Waals surface area contributed by atoms with Gasteiger partial charge < -0.3 is 9.47 Å². The van der Waals surface area contributed by atoms with Gasteiger partial charge in [-0.1, -0.05) is 36.4 Å². The molecular formula is C18H23NO4. The van der Waals surface area contributed by atoms with Crippen molar-refractivity contribution in [2.45, 2.75) is 38.3 Å². The highest BCUT2D eigenvalue weighted by atomic mass is 16.6. The first-order valence-corrected chi connectivity index (χ1v) is 7.90. The fourth-order valence-corrected chi connectivity index (χ4v) is 2.95. The van der Waals surface area contributed by atoms with Crippen LogP contribution in [0.3, 0.4) is 0 Å². The van der Waals surface area contributed by atoms with E-state index >= 15 is 0 Å². The van der Waals surface area contributed by atoms with Gasteiger partial charge in [-0.15, -0.1) is 6.58 Å². The average Bonchev–Trinajstić information content (AvgIpc) is 2.99. The number of hydrogen-bond acceptors (Lipinski definition) is 4. The first-order chi connectivity index (χ1) is 11.1. The van der Waals surface area contributed by atoms with Crippen LogP contribution in [0.5, 0.6) is 0 Å². The molecule has 1 saturated heterocycles. The molecule has 1 aliphatic rings. The van der Waals surface area contributed by atoms with E-state index in [0.717, 1.165) is 12.0 Å². The van der Waals surface area contributed by atoms with Crippen molar-refractivity contribution in [3.63, 3.8) is 0 Å². The Hall–Kier alpha value is -2.30. The molecule has 1 aromatic carbocycles. The summed E-state index contributed by atoms with van der Waals surface area (Å²) in [6.07, 6.45) is 2.85. The van der Waals surface area contributed by atoms with Gasteiger partial charge in [-0.3, -0.25) is 4.90 Å². The maximum absolute atomic E-state index is 12.5. The highest BCUT2D eigenvalue weighted by Gasteiger charge is 2.50. The van der Waals surface area contributed by atoms with Crippen LogP contribution < -0.4 is 0 Å². The molecule has 0 radical (unpaired) electrons. The summed E-state index contributed by atoms with van der Waals surface area (Å²) in [5.74, 6) is -0.380. The molecule has 0 aromatic heterocycles. The fourth-order valence-electron chi connectivity index (χ4n) is 2.95. The summed E-state index contributed by atoms with van der Waals surface area (Å²) in [4.78, 5) is 26.4. The highest BCUT2D eigenvalue weighted by Crippen LogP contribution is 2.35. The zero-order chi connectivity index (χ0) is 16.7. The SMILES string of the molecule is C=CC[C@@]1(C(=O)OCC)CCCN1C(=O)OCc1ccccc1. The number of carbonyl (C=O) groups excluding carboxylic acids is 2. The van der Waals surface area contributed by atoms with Crippen LogP contribution in [-0.2, 0) is 20.9 Å². The summed E-state index contributed by atoms with van der Waals surface area (Å²) in [6, 6.07) is 9.46. The molecule has 0 spiro atoms. The molecule has 1 fully saturated rings. The van der Waals surface area contributed by atoms with Gasteiger partial charge in [0.25, 0.3) is 0 Å². The third-order valence-corrected chi connectivity index (χ3v) is 4.05. The number of carbonyl (C=O) groups is 2. The van der Waals surface area contributed by atoms with Crippen LogP contribution in [0.25, 0.3) is 0 Å². The molecule has 1 aliphatic heterocycles. The minimum Gasteiger partial charge on any atom is -0.464 e. The molecule has 0 unspecified atom stereocenters. The quantitative estimate of drug-likeness (QED) is 0.597. The Morgan fingerprint density at radius 1 is 1.30 bits per heavy atom. The zero-order valence-corrected chi connectivity index (χ0v) is 13.5. The second kappa shape index (κ2) is 7.81. The van der Waals surface area contributed by atoms with Crippen molar-refractivity contribution in [1.29, 1.82) is 0 Å². The van der Waals surface area contributed by atoms with Gasteiger partial charge in [0.05, 0.1) is 6.61 Å². The number of likely N-dealkylation sites (tertiary alicyclic amines) is 1. The Morgan fingerprint density at radius 2 is 2.04 bits per heavy atom. The van der Waals surface area contributed by atoms with Crippen molar-refractivity contribution in [3.05, 3.63) is 48.6 Å². The number of esters is 1. The van der Waals surface area contributed by atoms with Gasteiger partial charge in [0.1, 0.15) is 12.1 Å². The van der Waals surface area contributed by atoms with Crippen LogP contribution in [0, 0.1) is 0 Å². The van der Waals surface area contributed by atoms with Crippen molar-refractivity contribution >= 4 is 12.1 Å². The molecule has 0 bridgehead atoms. The van der Waals surface area contributed by atoms with Gasteiger partial charge in [0, 0.05) is 6.54 Å². The lowest BCUT2D eigenvalue weighted by molar-refractivity contribution is -0.155. The molecule has 124 valence electrons. The average molecular weight is 317 g/mol. The molecule has 1 heterocycles. The van der Waals surface area contributed by atoms with E-state index in [1.807, 2.05) is 30.3 Å². The van der Waals surface area contributed by atoms with Gasteiger partial charge in [0.15, 0.2) is 0 Å². The Morgan fingerprint density at radius 3 is 2.70 bits per heavy atom. The van der Waals surface area contributed by atoms with E-state index in [9.17, 15) is 9.59 Å². The first-order valence-electron chi connectivity index (χ1n) is 7.90. The Bertz CT molecular complexity index is 557. The van der Waals surface area contributed by atoms with Crippen LogP contribution in [-0.4, -0.2) is 35.7 Å². The molecule has 23 heavy (non-hydrogen) atoms. The normalized spacial score (nSPS) is 20.1. The van der Waals surface area contributed by atoms with E-state index in [1.165, 1.54) is 4.90 Å². The van der Waals surface area contributed by atoms with Crippen LogP contribution in [0.1, 0.15) is 31.7 Å². The predicted molar refractivity (Wildman–Crippen MR) is 86.7 cm³/mol. The second-order valence-corrected chi connectivity index (χ2v) is 5.54. The molecule has 0 aliphatic carbocycles. The zero-order valence-electron chi connectivity index (χ0n) is 13.5. The van der Waals surface area contributed by atoms with Crippen molar-refractivity contribution in [3.8, 4) is 0 Å². The molecule has 0 saturated carbocycles. The lowest BCUT2D eigenvalue weighted by atomic mass is 9.92. The van der Waals surface area contributed by atoms with Gasteiger partial charge in [-0.05, 0) is 31.7 Å². The standard InChI is InChI=1S/C18H23NO4/c1-3-11-18(16(20)22-4-2)12-8-13-19(18)17(21)23-14-15-9-6-5-7-10-15/h3,5-7,9-10H,1,4,8,11-14H2,2H3/t18-/m0/s1. The molecule has 1 amide bonds. The van der Waals surface area contributed by atoms with E-state index in [0.29, 0.717) is 19.4 Å². The van der Waals surface area contributed by atoms with Crippen molar-refractivity contribution < 1.29 is 19.1 Å². The van der Waals surface area contributed by atoms with Crippen LogP contribution in [0.2, 0.25) is 0 Å². The monoisotopic (exact) mass is 317 g/mol. The van der Waals surface area contributed by atoms with E-state index in [4.69, 9.17) is 9.47 Å². The lowest BCUT2D eigenvalue weighted by Gasteiger charge is -2.34.